The molecule has 0 radical (unpaired) electrons. The number of furan rings is 1. The first kappa shape index (κ1) is 23.9. The third kappa shape index (κ3) is 4.53. The van der Waals surface area contributed by atoms with Crippen LogP contribution in [0.4, 0.5) is 0 Å². The van der Waals surface area contributed by atoms with Crippen molar-refractivity contribution in [2.24, 2.45) is 5.41 Å². The van der Waals surface area contributed by atoms with Crippen LogP contribution in [0.1, 0.15) is 74.7 Å². The highest BCUT2D eigenvalue weighted by Gasteiger charge is 2.32. The molecule has 0 aliphatic heterocycles. The van der Waals surface area contributed by atoms with Crippen LogP contribution < -0.4 is 4.74 Å². The van der Waals surface area contributed by atoms with Gasteiger partial charge in [0.2, 0.25) is 5.76 Å². The predicted octanol–water partition coefficient (Wildman–Crippen LogP) is 6.33. The summed E-state index contributed by atoms with van der Waals surface area (Å²) in [4.78, 5) is 11.4. The molecule has 2 aromatic carbocycles. The summed E-state index contributed by atoms with van der Waals surface area (Å²) < 4.78 is 11.4. The van der Waals surface area contributed by atoms with E-state index in [1.165, 1.54) is 5.56 Å². The number of hydrogen-bond acceptors (Lipinski definition) is 4. The minimum absolute atomic E-state index is 0.0437. The zero-order valence-electron chi connectivity index (χ0n) is 19.9. The summed E-state index contributed by atoms with van der Waals surface area (Å²) in [7, 11) is 0. The molecule has 1 atom stereocenters. The summed E-state index contributed by atoms with van der Waals surface area (Å²) in [5.41, 5.74) is 3.40. The van der Waals surface area contributed by atoms with E-state index in [2.05, 4.69) is 38.1 Å². The van der Waals surface area contributed by atoms with Gasteiger partial charge in [0, 0.05) is 10.8 Å². The number of fused-ring (bicyclic) bond motifs is 1. The fourth-order valence-corrected chi connectivity index (χ4v) is 4.24. The first-order chi connectivity index (χ1) is 15.0. The number of carbonyl (C=O) groups is 1. The van der Waals surface area contributed by atoms with Crippen molar-refractivity contribution in [1.82, 2.24) is 0 Å². The molecular formula is C27H34O5. The van der Waals surface area contributed by atoms with Crippen LogP contribution in [0.15, 0.2) is 46.9 Å². The van der Waals surface area contributed by atoms with Gasteiger partial charge in [-0.05, 0) is 66.1 Å². The van der Waals surface area contributed by atoms with Gasteiger partial charge >= 0.3 is 5.97 Å². The Balaban J connectivity index is 1.95. The normalized spacial score (nSPS) is 13.3. The second kappa shape index (κ2) is 8.99. The topological polar surface area (TPSA) is 79.9 Å². The Morgan fingerprint density at radius 1 is 1.03 bits per heavy atom. The molecule has 0 saturated heterocycles. The highest BCUT2D eigenvalue weighted by atomic mass is 16.5. The molecule has 0 amide bonds. The molecule has 0 spiro atoms. The summed E-state index contributed by atoms with van der Waals surface area (Å²) in [6, 6.07) is 13.8. The van der Waals surface area contributed by atoms with Crippen molar-refractivity contribution in [1.29, 1.82) is 0 Å². The van der Waals surface area contributed by atoms with Gasteiger partial charge in [-0.2, -0.15) is 0 Å². The van der Waals surface area contributed by atoms with Crippen LogP contribution in [0.3, 0.4) is 0 Å². The van der Waals surface area contributed by atoms with E-state index in [9.17, 15) is 15.0 Å². The maximum atomic E-state index is 11.4. The molecule has 0 bridgehead atoms. The van der Waals surface area contributed by atoms with E-state index in [4.69, 9.17) is 9.15 Å². The fraction of sp³-hybridized carbons (Fsp3) is 0.444. The molecule has 2 N–H and O–H groups in total. The van der Waals surface area contributed by atoms with Crippen LogP contribution in [-0.2, 0) is 5.41 Å². The zero-order valence-corrected chi connectivity index (χ0v) is 19.9. The van der Waals surface area contributed by atoms with E-state index in [1.54, 1.807) is 6.07 Å². The number of rotatable bonds is 8. The van der Waals surface area contributed by atoms with Crippen LogP contribution >= 0.6 is 0 Å². The van der Waals surface area contributed by atoms with Crippen molar-refractivity contribution >= 4 is 16.9 Å². The lowest BCUT2D eigenvalue weighted by molar-refractivity contribution is 0.0218. The Morgan fingerprint density at radius 2 is 1.66 bits per heavy atom. The Hall–Kier alpha value is -2.79. The number of carboxylic acids is 1. The minimum Gasteiger partial charge on any atom is -0.491 e. The van der Waals surface area contributed by atoms with Crippen LogP contribution in [-0.4, -0.2) is 28.9 Å². The number of ether oxygens (including phenoxy) is 1. The number of aliphatic hydroxyl groups is 1. The van der Waals surface area contributed by atoms with E-state index < -0.39 is 12.1 Å². The lowest BCUT2D eigenvalue weighted by Gasteiger charge is -2.34. The summed E-state index contributed by atoms with van der Waals surface area (Å²) >= 11 is 0. The molecule has 1 aromatic heterocycles. The van der Waals surface area contributed by atoms with Crippen molar-refractivity contribution < 1.29 is 24.2 Å². The van der Waals surface area contributed by atoms with Crippen molar-refractivity contribution in [2.45, 2.75) is 65.9 Å². The van der Waals surface area contributed by atoms with Crippen molar-refractivity contribution in [3.63, 3.8) is 0 Å². The van der Waals surface area contributed by atoms with Crippen LogP contribution in [0, 0.1) is 12.3 Å². The van der Waals surface area contributed by atoms with E-state index in [0.717, 1.165) is 35.1 Å². The first-order valence-corrected chi connectivity index (χ1v) is 11.2. The Kier molecular flexibility index (Phi) is 6.70. The van der Waals surface area contributed by atoms with Crippen molar-refractivity contribution in [2.75, 3.05) is 6.61 Å². The van der Waals surface area contributed by atoms with Gasteiger partial charge in [-0.25, -0.2) is 4.79 Å². The molecule has 0 saturated carbocycles. The number of carboxylic acid groups (broad SMARTS) is 1. The van der Waals surface area contributed by atoms with Crippen molar-refractivity contribution in [3.05, 3.63) is 64.9 Å². The smallest absolute Gasteiger partial charge is 0.371 e. The van der Waals surface area contributed by atoms with Gasteiger partial charge in [-0.1, -0.05) is 52.8 Å². The second-order valence-electron chi connectivity index (χ2n) is 9.63. The molecule has 5 heteroatoms. The van der Waals surface area contributed by atoms with Crippen LogP contribution in [0.2, 0.25) is 0 Å². The second-order valence-corrected chi connectivity index (χ2v) is 9.63. The van der Waals surface area contributed by atoms with Crippen molar-refractivity contribution in [3.8, 4) is 5.75 Å². The molecule has 0 fully saturated rings. The van der Waals surface area contributed by atoms with Gasteiger partial charge in [0.1, 0.15) is 17.9 Å². The van der Waals surface area contributed by atoms with Gasteiger partial charge in [0.05, 0.1) is 6.10 Å². The van der Waals surface area contributed by atoms with Crippen LogP contribution in [0.5, 0.6) is 5.75 Å². The Labute approximate surface area is 190 Å². The SMILES string of the molecule is CCC(CC)(c1ccc(OCC(O)C(C)(C)C)cc1)c1cc(C)c2oc(C(=O)O)cc2c1. The highest BCUT2D eigenvalue weighted by molar-refractivity contribution is 5.92. The molecule has 3 rings (SSSR count). The third-order valence-electron chi connectivity index (χ3n) is 6.59. The maximum absolute atomic E-state index is 11.4. The van der Waals surface area contributed by atoms with Gasteiger partial charge in [-0.15, -0.1) is 0 Å². The molecule has 5 nitrogen and oxygen atoms in total. The summed E-state index contributed by atoms with van der Waals surface area (Å²) in [6.45, 7) is 12.5. The number of aromatic carboxylic acids is 1. The Bertz CT molecular complexity index is 1080. The van der Waals surface area contributed by atoms with E-state index >= 15 is 0 Å². The molecule has 0 aliphatic rings. The monoisotopic (exact) mass is 438 g/mol. The number of benzene rings is 2. The quantitative estimate of drug-likeness (QED) is 0.429. The molecular weight excluding hydrogens is 404 g/mol. The molecule has 3 aromatic rings. The average Bonchev–Trinajstić information content (AvgIpc) is 3.19. The number of hydrogen-bond donors (Lipinski definition) is 2. The molecule has 1 unspecified atom stereocenters. The number of aryl methyl sites for hydroxylation is 1. The van der Waals surface area contributed by atoms with Gasteiger partial charge < -0.3 is 19.4 Å². The van der Waals surface area contributed by atoms with Gasteiger partial charge in [0.25, 0.3) is 0 Å². The van der Waals surface area contributed by atoms with Crippen LogP contribution in [0.25, 0.3) is 11.0 Å². The van der Waals surface area contributed by atoms with E-state index in [0.29, 0.717) is 5.58 Å². The molecule has 32 heavy (non-hydrogen) atoms. The fourth-order valence-electron chi connectivity index (χ4n) is 4.24. The zero-order chi connectivity index (χ0) is 23.7. The Morgan fingerprint density at radius 3 is 2.19 bits per heavy atom. The lowest BCUT2D eigenvalue weighted by atomic mass is 9.70. The summed E-state index contributed by atoms with van der Waals surface area (Å²) in [5, 5.41) is 20.3. The summed E-state index contributed by atoms with van der Waals surface area (Å²) in [5.74, 6) is -0.380. The third-order valence-corrected chi connectivity index (χ3v) is 6.59. The maximum Gasteiger partial charge on any atom is 0.371 e. The lowest BCUT2D eigenvalue weighted by Crippen LogP contribution is -2.32. The van der Waals surface area contributed by atoms with Gasteiger partial charge in [-0.3, -0.25) is 0 Å². The van der Waals surface area contributed by atoms with E-state index in [-0.39, 0.29) is 23.2 Å². The minimum atomic E-state index is -1.06. The molecule has 172 valence electrons. The van der Waals surface area contributed by atoms with Gasteiger partial charge in [0.15, 0.2) is 0 Å². The molecule has 0 aliphatic carbocycles. The predicted molar refractivity (Wildman–Crippen MR) is 127 cm³/mol. The van der Waals surface area contributed by atoms with E-state index in [1.807, 2.05) is 39.8 Å². The first-order valence-electron chi connectivity index (χ1n) is 11.2. The highest BCUT2D eigenvalue weighted by Crippen LogP contribution is 2.41. The largest absolute Gasteiger partial charge is 0.491 e. The molecule has 1 heterocycles. The standard InChI is InChI=1S/C27H34O5/c1-7-27(8-2,19-9-11-21(12-10-19)31-16-23(28)26(4,5)6)20-13-17(3)24-18(14-20)15-22(32-24)25(29)30/h9-15,23,28H,7-8,16H2,1-6H3,(H,29,30). The number of aliphatic hydroxyl groups excluding tert-OH is 1. The average molecular weight is 439 g/mol. The summed E-state index contributed by atoms with van der Waals surface area (Å²) in [6.07, 6.45) is 1.23.